The van der Waals surface area contributed by atoms with Crippen molar-refractivity contribution in [1.82, 2.24) is 15.6 Å². The van der Waals surface area contributed by atoms with E-state index in [1.165, 1.54) is 0 Å². The number of pyridine rings is 1. The van der Waals surface area contributed by atoms with Crippen LogP contribution in [-0.4, -0.2) is 43.2 Å². The molecule has 0 spiro atoms. The van der Waals surface area contributed by atoms with Crippen molar-refractivity contribution in [3.05, 3.63) is 53.2 Å². The zero-order chi connectivity index (χ0) is 22.1. The number of carbonyl (C=O) groups excluding carboxylic acids is 1. The van der Waals surface area contributed by atoms with Crippen LogP contribution in [0.15, 0.2) is 36.5 Å². The number of aryl methyl sites for hydroxylation is 1. The predicted octanol–water partition coefficient (Wildman–Crippen LogP) is 3.36. The minimum Gasteiger partial charge on any atom is -0.496 e. The van der Waals surface area contributed by atoms with Crippen LogP contribution in [0.1, 0.15) is 40.6 Å². The van der Waals surface area contributed by atoms with Crippen molar-refractivity contribution in [2.75, 3.05) is 26.5 Å². The monoisotopic (exact) mass is 420 g/mol. The van der Waals surface area contributed by atoms with Gasteiger partial charge in [-0.3, -0.25) is 15.1 Å². The summed E-state index contributed by atoms with van der Waals surface area (Å²) in [7, 11) is 5.16. The van der Waals surface area contributed by atoms with Crippen molar-refractivity contribution < 1.29 is 14.6 Å². The number of methoxy groups -OCH3 is 1. The Kier molecular flexibility index (Phi) is 5.80. The van der Waals surface area contributed by atoms with E-state index < -0.39 is 6.23 Å². The molecular weight excluding hydrogens is 392 g/mol. The van der Waals surface area contributed by atoms with Crippen LogP contribution in [0.5, 0.6) is 5.75 Å². The number of hydrogen-bond donors (Lipinski definition) is 4. The van der Waals surface area contributed by atoms with Crippen LogP contribution in [-0.2, 0) is 0 Å². The summed E-state index contributed by atoms with van der Waals surface area (Å²) >= 11 is 0. The number of rotatable bonds is 7. The van der Waals surface area contributed by atoms with Gasteiger partial charge < -0.3 is 20.5 Å². The van der Waals surface area contributed by atoms with Gasteiger partial charge in [0, 0.05) is 36.3 Å². The summed E-state index contributed by atoms with van der Waals surface area (Å²) in [6, 6.07) is 10.1. The van der Waals surface area contributed by atoms with Crippen molar-refractivity contribution in [1.29, 1.82) is 0 Å². The largest absolute Gasteiger partial charge is 0.496 e. The van der Waals surface area contributed by atoms with Crippen LogP contribution in [0.4, 0.5) is 5.69 Å². The number of nitrogens with zero attached hydrogens (tertiary/aromatic N) is 1. The van der Waals surface area contributed by atoms with E-state index in [9.17, 15) is 9.90 Å². The number of ether oxygens (including phenoxy) is 1. The normalized spacial score (nSPS) is 14.4. The van der Waals surface area contributed by atoms with Gasteiger partial charge in [0.05, 0.1) is 23.9 Å². The van der Waals surface area contributed by atoms with Gasteiger partial charge in [-0.25, -0.2) is 0 Å². The number of anilines is 1. The fourth-order valence-corrected chi connectivity index (χ4v) is 3.85. The predicted molar refractivity (Wildman–Crippen MR) is 123 cm³/mol. The highest BCUT2D eigenvalue weighted by molar-refractivity contribution is 6.08. The minimum atomic E-state index is -0.722. The molecule has 1 saturated carbocycles. The quantitative estimate of drug-likeness (QED) is 0.438. The summed E-state index contributed by atoms with van der Waals surface area (Å²) in [5.41, 5.74) is 5.65. The van der Waals surface area contributed by atoms with E-state index in [2.05, 4.69) is 20.9 Å². The molecule has 1 atom stereocenters. The molecule has 0 bridgehead atoms. The number of benzene rings is 2. The summed E-state index contributed by atoms with van der Waals surface area (Å²) in [6.07, 6.45) is 2.95. The molecule has 1 amide bonds. The van der Waals surface area contributed by atoms with E-state index in [0.29, 0.717) is 11.3 Å². The fourth-order valence-electron chi connectivity index (χ4n) is 3.85. The fraction of sp³-hybridized carbons (Fsp3) is 0.333. The van der Waals surface area contributed by atoms with E-state index in [0.717, 1.165) is 51.7 Å². The molecule has 1 unspecified atom stereocenters. The lowest BCUT2D eigenvalue weighted by Crippen LogP contribution is -2.26. The summed E-state index contributed by atoms with van der Waals surface area (Å²) in [5.74, 6) is 0.582. The molecule has 1 aliphatic carbocycles. The van der Waals surface area contributed by atoms with Crippen LogP contribution in [0.2, 0.25) is 0 Å². The second-order valence-corrected chi connectivity index (χ2v) is 7.88. The number of aliphatic hydroxyl groups is 1. The molecule has 2 aromatic carbocycles. The average Bonchev–Trinajstić information content (AvgIpc) is 3.60. The maximum atomic E-state index is 12.7. The minimum absolute atomic E-state index is 0.111. The Morgan fingerprint density at radius 1 is 1.23 bits per heavy atom. The van der Waals surface area contributed by atoms with Gasteiger partial charge >= 0.3 is 0 Å². The Labute approximate surface area is 181 Å². The topological polar surface area (TPSA) is 95.5 Å². The molecule has 7 nitrogen and oxygen atoms in total. The van der Waals surface area contributed by atoms with Crippen LogP contribution in [0, 0.1) is 6.92 Å². The Hall–Kier alpha value is -3.16. The van der Waals surface area contributed by atoms with Crippen LogP contribution < -0.4 is 20.7 Å². The molecule has 4 N–H and O–H groups in total. The van der Waals surface area contributed by atoms with Gasteiger partial charge in [-0.15, -0.1) is 0 Å². The number of carbonyl (C=O) groups is 1. The first kappa shape index (κ1) is 21.1. The number of aliphatic hydroxyl groups excluding tert-OH is 1. The third-order valence-corrected chi connectivity index (χ3v) is 5.75. The van der Waals surface area contributed by atoms with E-state index in [-0.39, 0.29) is 11.9 Å². The second kappa shape index (κ2) is 8.53. The summed E-state index contributed by atoms with van der Waals surface area (Å²) in [4.78, 5) is 17.3. The van der Waals surface area contributed by atoms with E-state index in [1.807, 2.05) is 44.3 Å². The average molecular weight is 421 g/mol. The smallest absolute Gasteiger partial charge is 0.255 e. The third-order valence-electron chi connectivity index (χ3n) is 5.75. The molecule has 7 heteroatoms. The molecule has 1 aliphatic rings. The lowest BCUT2D eigenvalue weighted by atomic mass is 9.96. The van der Waals surface area contributed by atoms with Crippen LogP contribution in [0.3, 0.4) is 0 Å². The standard InChI is InChI=1S/C24H28N4O3/c1-13-9-14(5-8-16(13)23(29)26-3)17-10-18-20(11-21(17)31-4)27-12-19(22(18)25-2)24(30)28-15-6-7-15/h5,8-12,15,23,26,29H,6-7H2,1-4H3,(H,25,27)(H,28,30). The SMILES string of the molecule is CNc1c(C(=O)NC2CC2)cnc2cc(OC)c(-c3ccc(C(O)NC)c(C)c3)cc12. The van der Waals surface area contributed by atoms with E-state index in [1.54, 1.807) is 20.4 Å². The zero-order valence-electron chi connectivity index (χ0n) is 18.2. The van der Waals surface area contributed by atoms with Gasteiger partial charge in [0.1, 0.15) is 12.0 Å². The maximum absolute atomic E-state index is 12.7. The Bertz CT molecular complexity index is 1140. The lowest BCUT2D eigenvalue weighted by molar-refractivity contribution is 0.0951. The maximum Gasteiger partial charge on any atom is 0.255 e. The van der Waals surface area contributed by atoms with Crippen molar-refractivity contribution in [3.63, 3.8) is 0 Å². The number of fused-ring (bicyclic) bond motifs is 1. The first-order valence-corrected chi connectivity index (χ1v) is 10.4. The first-order valence-electron chi connectivity index (χ1n) is 10.4. The van der Waals surface area contributed by atoms with E-state index in [4.69, 9.17) is 4.74 Å². The molecule has 3 aromatic rings. The molecule has 31 heavy (non-hydrogen) atoms. The van der Waals surface area contributed by atoms with Gasteiger partial charge in [0.15, 0.2) is 0 Å². The van der Waals surface area contributed by atoms with Gasteiger partial charge in [-0.1, -0.05) is 18.2 Å². The second-order valence-electron chi connectivity index (χ2n) is 7.88. The van der Waals surface area contributed by atoms with Crippen molar-refractivity contribution in [2.24, 2.45) is 0 Å². The van der Waals surface area contributed by atoms with Crippen molar-refractivity contribution in [3.8, 4) is 16.9 Å². The van der Waals surface area contributed by atoms with Crippen LogP contribution in [0.25, 0.3) is 22.0 Å². The van der Waals surface area contributed by atoms with Gasteiger partial charge in [0.2, 0.25) is 0 Å². The highest BCUT2D eigenvalue weighted by Gasteiger charge is 2.26. The summed E-state index contributed by atoms with van der Waals surface area (Å²) < 4.78 is 5.66. The number of hydrogen-bond acceptors (Lipinski definition) is 6. The highest BCUT2D eigenvalue weighted by atomic mass is 16.5. The Morgan fingerprint density at radius 2 is 2.00 bits per heavy atom. The zero-order valence-corrected chi connectivity index (χ0v) is 18.2. The number of amides is 1. The van der Waals surface area contributed by atoms with Gasteiger partial charge in [0.25, 0.3) is 5.91 Å². The summed E-state index contributed by atoms with van der Waals surface area (Å²) in [5, 5.41) is 20.1. The molecule has 1 heterocycles. The van der Waals surface area contributed by atoms with Gasteiger partial charge in [-0.2, -0.15) is 0 Å². The molecule has 0 saturated heterocycles. The first-order chi connectivity index (χ1) is 15.0. The molecule has 4 rings (SSSR count). The highest BCUT2D eigenvalue weighted by Crippen LogP contribution is 2.38. The van der Waals surface area contributed by atoms with E-state index >= 15 is 0 Å². The molecular formula is C24H28N4O3. The Morgan fingerprint density at radius 3 is 2.61 bits per heavy atom. The van der Waals surface area contributed by atoms with Crippen molar-refractivity contribution in [2.45, 2.75) is 32.0 Å². The lowest BCUT2D eigenvalue weighted by Gasteiger charge is -2.17. The molecule has 1 fully saturated rings. The molecule has 0 aliphatic heterocycles. The van der Waals surface area contributed by atoms with Gasteiger partial charge in [-0.05, 0) is 49.6 Å². The molecule has 162 valence electrons. The third kappa shape index (κ3) is 4.06. The number of nitrogens with one attached hydrogen (secondary N) is 3. The Balaban J connectivity index is 1.84. The number of aromatic nitrogens is 1. The van der Waals surface area contributed by atoms with Crippen LogP contribution >= 0.6 is 0 Å². The van der Waals surface area contributed by atoms with Crippen molar-refractivity contribution >= 4 is 22.5 Å². The summed E-state index contributed by atoms with van der Waals surface area (Å²) in [6.45, 7) is 1.97. The molecule has 0 radical (unpaired) electrons. The molecule has 1 aromatic heterocycles.